The molecule has 4 rings (SSSR count). The fourth-order valence-electron chi connectivity index (χ4n) is 3.08. The molecule has 0 aliphatic rings. The molecule has 1 aromatic carbocycles. The Kier molecular flexibility index (Phi) is 6.04. The second-order valence-corrected chi connectivity index (χ2v) is 7.65. The van der Waals surface area contributed by atoms with Crippen molar-refractivity contribution in [3.63, 3.8) is 0 Å². The van der Waals surface area contributed by atoms with Crippen LogP contribution in [0.25, 0.3) is 11.6 Å². The van der Waals surface area contributed by atoms with Crippen LogP contribution in [0.3, 0.4) is 0 Å². The monoisotopic (exact) mass is 422 g/mol. The molecule has 3 aromatic heterocycles. The van der Waals surface area contributed by atoms with Gasteiger partial charge in [0.1, 0.15) is 5.76 Å². The van der Waals surface area contributed by atoms with E-state index < -0.39 is 0 Å². The predicted octanol–water partition coefficient (Wildman–Crippen LogP) is 4.78. The molecular weight excluding hydrogens is 400 g/mol. The smallest absolute Gasteiger partial charge is 0.237 e. The molecule has 0 unspecified atom stereocenters. The number of hydrogen-bond donors (Lipinski definition) is 0. The van der Waals surface area contributed by atoms with Crippen molar-refractivity contribution in [2.45, 2.75) is 32.1 Å². The number of amides is 1. The SMILES string of the molecule is CCn1c(SCC(=O)N(Cc2ccco2)c2ccc(C)cc2)nnc1-c1ccco1. The van der Waals surface area contributed by atoms with E-state index in [-0.39, 0.29) is 11.7 Å². The molecule has 8 heteroatoms. The van der Waals surface area contributed by atoms with Gasteiger partial charge in [-0.05, 0) is 50.2 Å². The molecule has 0 saturated heterocycles. The average molecular weight is 423 g/mol. The highest BCUT2D eigenvalue weighted by molar-refractivity contribution is 7.99. The molecule has 4 aromatic rings. The first-order chi connectivity index (χ1) is 14.7. The van der Waals surface area contributed by atoms with Gasteiger partial charge >= 0.3 is 0 Å². The van der Waals surface area contributed by atoms with E-state index in [9.17, 15) is 4.79 Å². The first-order valence-corrected chi connectivity index (χ1v) is 10.6. The molecule has 7 nitrogen and oxygen atoms in total. The largest absolute Gasteiger partial charge is 0.467 e. The van der Waals surface area contributed by atoms with Gasteiger partial charge in [0, 0.05) is 12.2 Å². The Morgan fingerprint density at radius 1 is 1.07 bits per heavy atom. The van der Waals surface area contributed by atoms with Gasteiger partial charge in [-0.15, -0.1) is 10.2 Å². The van der Waals surface area contributed by atoms with E-state index in [2.05, 4.69) is 10.2 Å². The Morgan fingerprint density at radius 3 is 2.50 bits per heavy atom. The molecule has 0 N–H and O–H groups in total. The maximum atomic E-state index is 13.2. The van der Waals surface area contributed by atoms with Crippen LogP contribution < -0.4 is 4.90 Å². The zero-order valence-electron chi connectivity index (χ0n) is 16.8. The van der Waals surface area contributed by atoms with Gasteiger partial charge in [-0.25, -0.2) is 0 Å². The number of benzene rings is 1. The minimum Gasteiger partial charge on any atom is -0.467 e. The van der Waals surface area contributed by atoms with Gasteiger partial charge in [0.25, 0.3) is 0 Å². The van der Waals surface area contributed by atoms with Crippen molar-refractivity contribution in [2.24, 2.45) is 0 Å². The van der Waals surface area contributed by atoms with Crippen molar-refractivity contribution in [1.82, 2.24) is 14.8 Å². The van der Waals surface area contributed by atoms with E-state index in [0.29, 0.717) is 29.8 Å². The van der Waals surface area contributed by atoms with Crippen LogP contribution in [0.2, 0.25) is 0 Å². The van der Waals surface area contributed by atoms with Crippen LogP contribution in [-0.4, -0.2) is 26.4 Å². The number of aromatic nitrogens is 3. The lowest BCUT2D eigenvalue weighted by atomic mass is 10.2. The summed E-state index contributed by atoms with van der Waals surface area (Å²) in [5.74, 6) is 2.23. The number of nitrogens with zero attached hydrogens (tertiary/aromatic N) is 4. The highest BCUT2D eigenvalue weighted by Crippen LogP contribution is 2.26. The molecule has 1 amide bonds. The molecule has 3 heterocycles. The molecule has 154 valence electrons. The summed E-state index contributed by atoms with van der Waals surface area (Å²) < 4.78 is 12.9. The fourth-order valence-corrected chi connectivity index (χ4v) is 3.96. The number of rotatable bonds is 8. The van der Waals surface area contributed by atoms with Gasteiger partial charge in [0.15, 0.2) is 16.7 Å². The zero-order valence-corrected chi connectivity index (χ0v) is 17.6. The first kappa shape index (κ1) is 20.0. The van der Waals surface area contributed by atoms with Crippen LogP contribution in [0.15, 0.2) is 75.0 Å². The number of carbonyl (C=O) groups is 1. The van der Waals surface area contributed by atoms with E-state index in [1.807, 2.05) is 66.9 Å². The lowest BCUT2D eigenvalue weighted by Crippen LogP contribution is -2.31. The van der Waals surface area contributed by atoms with Crippen LogP contribution in [0.5, 0.6) is 0 Å². The topological polar surface area (TPSA) is 77.3 Å². The summed E-state index contributed by atoms with van der Waals surface area (Å²) in [6, 6.07) is 15.2. The number of aryl methyl sites for hydroxylation is 1. The summed E-state index contributed by atoms with van der Waals surface area (Å²) in [6.07, 6.45) is 3.22. The van der Waals surface area contributed by atoms with Gasteiger partial charge in [0.05, 0.1) is 24.8 Å². The lowest BCUT2D eigenvalue weighted by Gasteiger charge is -2.22. The Hall–Kier alpha value is -3.26. The third kappa shape index (κ3) is 4.33. The van der Waals surface area contributed by atoms with Crippen LogP contribution >= 0.6 is 11.8 Å². The number of hydrogen-bond acceptors (Lipinski definition) is 6. The van der Waals surface area contributed by atoms with E-state index in [1.165, 1.54) is 11.8 Å². The number of furan rings is 2. The standard InChI is InChI=1S/C22H22N4O3S/c1-3-25-21(19-7-5-13-29-19)23-24-22(25)30-15-20(27)26(14-18-6-4-12-28-18)17-10-8-16(2)9-11-17/h4-13H,3,14-15H2,1-2H3. The Morgan fingerprint density at radius 2 is 1.83 bits per heavy atom. The number of carbonyl (C=O) groups excluding carboxylic acids is 1. The molecule has 0 aliphatic heterocycles. The molecule has 0 radical (unpaired) electrons. The lowest BCUT2D eigenvalue weighted by molar-refractivity contribution is -0.116. The van der Waals surface area contributed by atoms with Crippen molar-refractivity contribution >= 4 is 23.4 Å². The molecule has 0 fully saturated rings. The van der Waals surface area contributed by atoms with Crippen molar-refractivity contribution in [2.75, 3.05) is 10.7 Å². The Balaban J connectivity index is 1.52. The quantitative estimate of drug-likeness (QED) is 0.380. The molecule has 30 heavy (non-hydrogen) atoms. The Bertz CT molecular complexity index is 1090. The predicted molar refractivity (Wildman–Crippen MR) is 115 cm³/mol. The maximum absolute atomic E-state index is 13.2. The second kappa shape index (κ2) is 9.04. The van der Waals surface area contributed by atoms with Crippen LogP contribution in [0, 0.1) is 6.92 Å². The molecular formula is C22H22N4O3S. The van der Waals surface area contributed by atoms with Gasteiger partial charge in [-0.2, -0.15) is 0 Å². The van der Waals surface area contributed by atoms with Crippen molar-refractivity contribution in [3.8, 4) is 11.6 Å². The van der Waals surface area contributed by atoms with Gasteiger partial charge in [-0.3, -0.25) is 9.36 Å². The van der Waals surface area contributed by atoms with E-state index in [4.69, 9.17) is 8.83 Å². The van der Waals surface area contributed by atoms with Gasteiger partial charge in [0.2, 0.25) is 5.91 Å². The normalized spacial score (nSPS) is 11.0. The number of thioether (sulfide) groups is 1. The molecule has 0 aliphatic carbocycles. The van der Waals surface area contributed by atoms with Crippen molar-refractivity contribution < 1.29 is 13.6 Å². The van der Waals surface area contributed by atoms with Crippen molar-refractivity contribution in [3.05, 3.63) is 72.4 Å². The van der Waals surface area contributed by atoms with Gasteiger partial charge < -0.3 is 13.7 Å². The zero-order chi connectivity index (χ0) is 20.9. The fraction of sp³-hybridized carbons (Fsp3) is 0.227. The maximum Gasteiger partial charge on any atom is 0.237 e. The summed E-state index contributed by atoms with van der Waals surface area (Å²) >= 11 is 1.36. The van der Waals surface area contributed by atoms with Crippen LogP contribution in [-0.2, 0) is 17.9 Å². The summed E-state index contributed by atoms with van der Waals surface area (Å²) in [5, 5.41) is 9.18. The first-order valence-electron chi connectivity index (χ1n) is 9.65. The molecule has 0 atom stereocenters. The van der Waals surface area contributed by atoms with Crippen LogP contribution in [0.1, 0.15) is 18.2 Å². The molecule has 0 spiro atoms. The highest BCUT2D eigenvalue weighted by Gasteiger charge is 2.21. The van der Waals surface area contributed by atoms with E-state index >= 15 is 0 Å². The van der Waals surface area contributed by atoms with E-state index in [0.717, 1.165) is 17.0 Å². The third-order valence-electron chi connectivity index (χ3n) is 4.64. The summed E-state index contributed by atoms with van der Waals surface area (Å²) in [6.45, 7) is 5.07. The van der Waals surface area contributed by atoms with Crippen LogP contribution in [0.4, 0.5) is 5.69 Å². The highest BCUT2D eigenvalue weighted by atomic mass is 32.2. The molecule has 0 saturated carbocycles. The Labute approximate surface area is 178 Å². The minimum atomic E-state index is -0.0366. The number of anilines is 1. The van der Waals surface area contributed by atoms with Gasteiger partial charge in [-0.1, -0.05) is 29.5 Å². The van der Waals surface area contributed by atoms with E-state index in [1.54, 1.807) is 17.4 Å². The molecule has 0 bridgehead atoms. The van der Waals surface area contributed by atoms with Crippen molar-refractivity contribution in [1.29, 1.82) is 0 Å². The second-order valence-electron chi connectivity index (χ2n) is 6.71. The summed E-state index contributed by atoms with van der Waals surface area (Å²) in [5.41, 5.74) is 1.97. The summed E-state index contributed by atoms with van der Waals surface area (Å²) in [4.78, 5) is 14.9. The minimum absolute atomic E-state index is 0.0366. The summed E-state index contributed by atoms with van der Waals surface area (Å²) in [7, 11) is 0. The average Bonchev–Trinajstić information content (AvgIpc) is 3.52. The third-order valence-corrected chi connectivity index (χ3v) is 5.59.